The molecule has 0 saturated heterocycles. The van der Waals surface area contributed by atoms with Crippen molar-refractivity contribution in [2.45, 2.75) is 59.8 Å². The third kappa shape index (κ3) is 5.94. The van der Waals surface area contributed by atoms with Gasteiger partial charge in [-0.25, -0.2) is 4.98 Å². The van der Waals surface area contributed by atoms with E-state index in [2.05, 4.69) is 130 Å². The molecule has 7 rings (SSSR count). The molecular weight excluding hydrogens is 760 g/mol. The Kier molecular flexibility index (Phi) is 8.96. The molecule has 0 amide bonds. The molecule has 0 saturated carbocycles. The SMILES string of the molecule is CCc1nn(-c2[c-]c(Oc3[c-]c4c(cc3)c3ccccc3n4-c3cc(C)ccn3)ccc2)c(C(C)(C)CC)c1-c1ccc(C)cc1.[Pt+2]. The fourth-order valence-electron chi connectivity index (χ4n) is 6.25. The van der Waals surface area contributed by atoms with Crippen LogP contribution in [0.4, 0.5) is 0 Å². The summed E-state index contributed by atoms with van der Waals surface area (Å²) in [5.74, 6) is 2.07. The van der Waals surface area contributed by atoms with E-state index in [-0.39, 0.29) is 26.5 Å². The maximum Gasteiger partial charge on any atom is 2.00 e. The number of nitrogens with zero attached hydrogens (tertiary/aromatic N) is 4. The number of fused-ring (bicyclic) bond motifs is 3. The smallest absolute Gasteiger partial charge is 0.509 e. The van der Waals surface area contributed by atoms with Crippen LogP contribution in [0.15, 0.2) is 97.2 Å². The summed E-state index contributed by atoms with van der Waals surface area (Å²) < 4.78 is 10.7. The number of pyridine rings is 1. The Morgan fingerprint density at radius 1 is 0.787 bits per heavy atom. The minimum Gasteiger partial charge on any atom is -0.509 e. The Balaban J connectivity index is 0.00000386. The number of aromatic nitrogens is 4. The Morgan fingerprint density at radius 2 is 1.55 bits per heavy atom. The number of hydrogen-bond acceptors (Lipinski definition) is 3. The second-order valence-electron chi connectivity index (χ2n) is 12.7. The van der Waals surface area contributed by atoms with Gasteiger partial charge >= 0.3 is 21.1 Å². The van der Waals surface area contributed by atoms with Gasteiger partial charge in [-0.3, -0.25) is 4.68 Å². The van der Waals surface area contributed by atoms with E-state index in [1.807, 2.05) is 30.5 Å². The maximum absolute atomic E-state index is 6.49. The number of benzene rings is 4. The van der Waals surface area contributed by atoms with Gasteiger partial charge in [0, 0.05) is 34.2 Å². The van der Waals surface area contributed by atoms with Crippen LogP contribution in [0, 0.1) is 26.0 Å². The van der Waals surface area contributed by atoms with Crippen LogP contribution in [0.25, 0.3) is 44.4 Å². The molecule has 3 aromatic heterocycles. The molecule has 238 valence electrons. The molecule has 3 heterocycles. The van der Waals surface area contributed by atoms with Crippen LogP contribution in [-0.4, -0.2) is 19.3 Å². The summed E-state index contributed by atoms with van der Waals surface area (Å²) in [6, 6.07) is 38.5. The molecule has 0 aliphatic heterocycles. The molecule has 0 aliphatic rings. The molecule has 47 heavy (non-hydrogen) atoms. The van der Waals surface area contributed by atoms with E-state index in [9.17, 15) is 0 Å². The largest absolute Gasteiger partial charge is 2.00 e. The van der Waals surface area contributed by atoms with E-state index in [1.165, 1.54) is 22.4 Å². The standard InChI is InChI=1S/C41H38N4O.Pt/c1-7-35-39(29-18-16-27(3)17-19-29)40(41(5,6)8-2)45(43-35)30-12-11-13-31(25-30)46-32-20-21-34-33-14-9-10-15-36(33)44(37(34)26-32)38-24-28(4)22-23-42-38;/h9-24H,7-8H2,1-6H3;/q-2;+2. The van der Waals surface area contributed by atoms with Gasteiger partial charge in [-0.05, 0) is 67.1 Å². The summed E-state index contributed by atoms with van der Waals surface area (Å²) >= 11 is 0. The maximum atomic E-state index is 6.49. The average molecular weight is 798 g/mol. The van der Waals surface area contributed by atoms with Crippen molar-refractivity contribution in [2.75, 3.05) is 0 Å². The Labute approximate surface area is 291 Å². The first kappa shape index (κ1) is 32.5. The van der Waals surface area contributed by atoms with Crippen molar-refractivity contribution in [1.29, 1.82) is 0 Å². The molecular formula is C41H38N4OPt. The van der Waals surface area contributed by atoms with E-state index >= 15 is 0 Å². The molecule has 0 unspecified atom stereocenters. The molecule has 0 aliphatic carbocycles. The van der Waals surface area contributed by atoms with E-state index in [0.717, 1.165) is 57.4 Å². The van der Waals surface area contributed by atoms with Crippen molar-refractivity contribution >= 4 is 21.8 Å². The third-order valence-electron chi connectivity index (χ3n) is 9.05. The minimum atomic E-state index is -0.124. The Morgan fingerprint density at radius 3 is 2.30 bits per heavy atom. The molecule has 6 heteroatoms. The minimum absolute atomic E-state index is 0. The van der Waals surface area contributed by atoms with E-state index < -0.39 is 0 Å². The van der Waals surface area contributed by atoms with Gasteiger partial charge in [-0.15, -0.1) is 35.7 Å². The molecule has 0 fully saturated rings. The number of rotatable bonds is 8. The zero-order valence-corrected chi connectivity index (χ0v) is 29.9. The topological polar surface area (TPSA) is 44.9 Å². The van der Waals surface area contributed by atoms with Crippen molar-refractivity contribution in [3.8, 4) is 34.1 Å². The molecule has 0 radical (unpaired) electrons. The van der Waals surface area contributed by atoms with Crippen LogP contribution in [0.1, 0.15) is 56.6 Å². The summed E-state index contributed by atoms with van der Waals surface area (Å²) in [5.41, 5.74) is 9.79. The molecule has 0 N–H and O–H groups in total. The summed E-state index contributed by atoms with van der Waals surface area (Å²) in [4.78, 5) is 4.70. The average Bonchev–Trinajstić information content (AvgIpc) is 3.62. The monoisotopic (exact) mass is 797 g/mol. The number of hydrogen-bond donors (Lipinski definition) is 0. The Hall–Kier alpha value is -4.47. The first-order valence-electron chi connectivity index (χ1n) is 16.1. The van der Waals surface area contributed by atoms with Crippen LogP contribution in [0.3, 0.4) is 0 Å². The quantitative estimate of drug-likeness (QED) is 0.144. The van der Waals surface area contributed by atoms with Gasteiger partial charge in [0.15, 0.2) is 0 Å². The van der Waals surface area contributed by atoms with Gasteiger partial charge < -0.3 is 9.30 Å². The number of aryl methyl sites for hydroxylation is 3. The van der Waals surface area contributed by atoms with Crippen molar-refractivity contribution in [3.63, 3.8) is 0 Å². The molecule has 4 aromatic carbocycles. The van der Waals surface area contributed by atoms with Gasteiger partial charge in [0.2, 0.25) is 0 Å². The summed E-state index contributed by atoms with van der Waals surface area (Å²) in [7, 11) is 0. The first-order chi connectivity index (χ1) is 22.3. The number of para-hydroxylation sites is 1. The van der Waals surface area contributed by atoms with Crippen LogP contribution < -0.4 is 4.74 Å². The van der Waals surface area contributed by atoms with Gasteiger partial charge in [-0.2, -0.15) is 17.2 Å². The molecule has 7 aromatic rings. The van der Waals surface area contributed by atoms with Crippen molar-refractivity contribution < 1.29 is 25.8 Å². The van der Waals surface area contributed by atoms with E-state index in [1.54, 1.807) is 0 Å². The summed E-state index contributed by atoms with van der Waals surface area (Å²) in [5, 5.41) is 7.44. The van der Waals surface area contributed by atoms with Crippen LogP contribution in [0.2, 0.25) is 0 Å². The van der Waals surface area contributed by atoms with Gasteiger partial charge in [0.1, 0.15) is 5.82 Å². The first-order valence-corrected chi connectivity index (χ1v) is 16.1. The van der Waals surface area contributed by atoms with Crippen molar-refractivity contribution in [3.05, 3.63) is 132 Å². The summed E-state index contributed by atoms with van der Waals surface area (Å²) in [6.07, 6.45) is 3.65. The zero-order valence-electron chi connectivity index (χ0n) is 27.7. The van der Waals surface area contributed by atoms with Crippen molar-refractivity contribution in [1.82, 2.24) is 19.3 Å². The normalized spacial score (nSPS) is 11.6. The van der Waals surface area contributed by atoms with Crippen molar-refractivity contribution in [2.24, 2.45) is 0 Å². The van der Waals surface area contributed by atoms with E-state index in [4.69, 9.17) is 14.8 Å². The predicted octanol–water partition coefficient (Wildman–Crippen LogP) is 10.3. The van der Waals surface area contributed by atoms with Gasteiger partial charge in [0.05, 0.1) is 11.4 Å². The van der Waals surface area contributed by atoms with Crippen LogP contribution >= 0.6 is 0 Å². The summed E-state index contributed by atoms with van der Waals surface area (Å²) in [6.45, 7) is 13.2. The van der Waals surface area contributed by atoms with E-state index in [0.29, 0.717) is 11.5 Å². The fourth-order valence-corrected chi connectivity index (χ4v) is 6.25. The second-order valence-corrected chi connectivity index (χ2v) is 12.7. The zero-order chi connectivity index (χ0) is 32.0. The molecule has 0 spiro atoms. The predicted molar refractivity (Wildman–Crippen MR) is 187 cm³/mol. The van der Waals surface area contributed by atoms with Gasteiger partial charge in [-0.1, -0.05) is 81.2 Å². The van der Waals surface area contributed by atoms with Crippen LogP contribution in [0.5, 0.6) is 11.5 Å². The molecule has 0 bridgehead atoms. The third-order valence-corrected chi connectivity index (χ3v) is 9.05. The number of ether oxygens (including phenoxy) is 1. The van der Waals surface area contributed by atoms with Crippen LogP contribution in [-0.2, 0) is 32.9 Å². The Bertz CT molecular complexity index is 2210. The fraction of sp³-hybridized carbons (Fsp3) is 0.220. The molecule has 5 nitrogen and oxygen atoms in total. The second kappa shape index (κ2) is 13.0. The molecule has 0 atom stereocenters. The van der Waals surface area contributed by atoms with Gasteiger partial charge in [0.25, 0.3) is 0 Å².